The van der Waals surface area contributed by atoms with Gasteiger partial charge in [-0.15, -0.1) is 0 Å². The third-order valence-electron chi connectivity index (χ3n) is 4.40. The quantitative estimate of drug-likeness (QED) is 0.756. The highest BCUT2D eigenvalue weighted by atomic mass is 14.8. The lowest BCUT2D eigenvalue weighted by atomic mass is 9.97. The molecule has 3 rings (SSSR count). The van der Waals surface area contributed by atoms with Gasteiger partial charge in [0.05, 0.1) is 23.1 Å². The van der Waals surface area contributed by atoms with Crippen LogP contribution in [0.15, 0.2) is 29.4 Å². The minimum absolute atomic E-state index is 0.517. The summed E-state index contributed by atoms with van der Waals surface area (Å²) in [6.45, 7) is 2.14. The number of H-pyrrole nitrogens is 2. The Balaban J connectivity index is 1.69. The lowest BCUT2D eigenvalue weighted by Gasteiger charge is -2.15. The second-order valence-electron chi connectivity index (χ2n) is 6.14. The first-order valence-corrected chi connectivity index (χ1v) is 8.19. The third-order valence-corrected chi connectivity index (χ3v) is 4.40. The second kappa shape index (κ2) is 6.79. The zero-order chi connectivity index (χ0) is 14.5. The largest absolute Gasteiger partial charge is 0.360 e. The molecule has 0 aromatic carbocycles. The van der Waals surface area contributed by atoms with Crippen LogP contribution in [0.5, 0.6) is 0 Å². The zero-order valence-electron chi connectivity index (χ0n) is 12.9. The molecule has 0 saturated heterocycles. The van der Waals surface area contributed by atoms with E-state index in [4.69, 9.17) is 4.99 Å². The first-order valence-electron chi connectivity index (χ1n) is 8.19. The summed E-state index contributed by atoms with van der Waals surface area (Å²) in [5, 5.41) is 0. The van der Waals surface area contributed by atoms with Crippen molar-refractivity contribution < 1.29 is 0 Å². The van der Waals surface area contributed by atoms with E-state index in [9.17, 15) is 0 Å². The van der Waals surface area contributed by atoms with Gasteiger partial charge in [-0.25, -0.2) is 0 Å². The normalized spacial score (nSPS) is 18.0. The third kappa shape index (κ3) is 3.66. The maximum atomic E-state index is 4.82. The molecule has 0 atom stereocenters. The van der Waals surface area contributed by atoms with Gasteiger partial charge in [0.2, 0.25) is 0 Å². The Bertz CT molecular complexity index is 570. The summed E-state index contributed by atoms with van der Waals surface area (Å²) in [6.07, 6.45) is 13.3. The van der Waals surface area contributed by atoms with Crippen molar-refractivity contribution in [3.05, 3.63) is 35.7 Å². The summed E-state index contributed by atoms with van der Waals surface area (Å²) < 4.78 is 0. The van der Waals surface area contributed by atoms with E-state index >= 15 is 0 Å². The van der Waals surface area contributed by atoms with E-state index in [1.54, 1.807) is 0 Å². The van der Waals surface area contributed by atoms with E-state index in [0.717, 1.165) is 11.4 Å². The second-order valence-corrected chi connectivity index (χ2v) is 6.14. The molecule has 0 spiro atoms. The summed E-state index contributed by atoms with van der Waals surface area (Å²) in [7, 11) is 0. The molecule has 3 heteroatoms. The van der Waals surface area contributed by atoms with Gasteiger partial charge < -0.3 is 9.97 Å². The summed E-state index contributed by atoms with van der Waals surface area (Å²) in [6, 6.07) is 6.82. The maximum Gasteiger partial charge on any atom is 0.0654 e. The molecule has 21 heavy (non-hydrogen) atoms. The minimum atomic E-state index is 0.517. The fourth-order valence-corrected chi connectivity index (χ4v) is 3.19. The number of rotatable bonds is 3. The Morgan fingerprint density at radius 3 is 2.62 bits per heavy atom. The number of nitrogens with one attached hydrogen (secondary N) is 2. The Morgan fingerprint density at radius 1 is 1.14 bits per heavy atom. The molecule has 0 amide bonds. The molecule has 0 radical (unpaired) electrons. The Kier molecular flexibility index (Phi) is 4.59. The average molecular weight is 283 g/mol. The number of hydrogen-bond donors (Lipinski definition) is 2. The van der Waals surface area contributed by atoms with Crippen molar-refractivity contribution in [1.82, 2.24) is 9.97 Å². The van der Waals surface area contributed by atoms with E-state index in [1.165, 1.54) is 56.2 Å². The molecule has 112 valence electrons. The van der Waals surface area contributed by atoms with E-state index in [-0.39, 0.29) is 0 Å². The molecule has 2 N–H and O–H groups in total. The average Bonchev–Trinajstić information content (AvgIpc) is 3.06. The minimum Gasteiger partial charge on any atom is -0.360 e. The van der Waals surface area contributed by atoms with Crippen molar-refractivity contribution in [2.75, 3.05) is 0 Å². The smallest absolute Gasteiger partial charge is 0.0654 e. The van der Waals surface area contributed by atoms with Crippen LogP contribution in [0.4, 0.5) is 0 Å². The van der Waals surface area contributed by atoms with E-state index < -0.39 is 0 Å². The Hall–Kier alpha value is -1.77. The molecular weight excluding hydrogens is 258 g/mol. The van der Waals surface area contributed by atoms with Crippen LogP contribution in [0, 0.1) is 6.92 Å². The van der Waals surface area contributed by atoms with Gasteiger partial charge in [0.1, 0.15) is 0 Å². The molecule has 2 aromatic rings. The topological polar surface area (TPSA) is 43.9 Å². The van der Waals surface area contributed by atoms with Gasteiger partial charge in [-0.3, -0.25) is 4.99 Å². The molecule has 1 fully saturated rings. The highest BCUT2D eigenvalue weighted by molar-refractivity contribution is 5.80. The van der Waals surface area contributed by atoms with Gasteiger partial charge in [-0.2, -0.15) is 0 Å². The first-order chi connectivity index (χ1) is 10.3. The van der Waals surface area contributed by atoms with Crippen LogP contribution >= 0.6 is 0 Å². The van der Waals surface area contributed by atoms with Crippen molar-refractivity contribution in [2.45, 2.75) is 57.9 Å². The molecule has 1 aliphatic rings. The lowest BCUT2D eigenvalue weighted by Crippen LogP contribution is -2.07. The number of aryl methyl sites for hydroxylation is 1. The van der Waals surface area contributed by atoms with Gasteiger partial charge >= 0.3 is 0 Å². The molecule has 1 aliphatic carbocycles. The fraction of sp³-hybridized carbons (Fsp3) is 0.500. The Labute approximate surface area is 126 Å². The molecule has 0 aliphatic heterocycles. The van der Waals surface area contributed by atoms with Crippen molar-refractivity contribution in [1.29, 1.82) is 0 Å². The summed E-state index contributed by atoms with van der Waals surface area (Å²) in [5.74, 6) is 0. The molecular formula is C18H25N3. The fourth-order valence-electron chi connectivity index (χ4n) is 3.19. The van der Waals surface area contributed by atoms with Crippen LogP contribution in [0.3, 0.4) is 0 Å². The highest BCUT2D eigenvalue weighted by Gasteiger charge is 2.10. The van der Waals surface area contributed by atoms with Crippen molar-refractivity contribution >= 4 is 6.21 Å². The number of aromatic amines is 2. The predicted molar refractivity (Wildman–Crippen MR) is 89.0 cm³/mol. The summed E-state index contributed by atoms with van der Waals surface area (Å²) >= 11 is 0. The predicted octanol–water partition coefficient (Wildman–Crippen LogP) is 4.85. The Morgan fingerprint density at radius 2 is 1.90 bits per heavy atom. The van der Waals surface area contributed by atoms with Crippen LogP contribution < -0.4 is 0 Å². The number of aromatic nitrogens is 2. The van der Waals surface area contributed by atoms with Crippen molar-refractivity contribution in [3.63, 3.8) is 0 Å². The van der Waals surface area contributed by atoms with E-state index in [2.05, 4.69) is 29.0 Å². The molecule has 2 heterocycles. The van der Waals surface area contributed by atoms with Crippen LogP contribution in [0.25, 0.3) is 11.4 Å². The monoisotopic (exact) mass is 283 g/mol. The zero-order valence-corrected chi connectivity index (χ0v) is 12.9. The maximum absolute atomic E-state index is 4.82. The SMILES string of the molecule is Cc1cc(C=NC2CCCCCCC2)[nH]c1-c1ccc[nH]1. The lowest BCUT2D eigenvalue weighted by molar-refractivity contribution is 0.456. The standard InChI is InChI=1S/C18H25N3/c1-14-12-16(21-18(14)17-10-7-11-19-17)13-20-15-8-5-3-2-4-6-9-15/h7,10-13,15,19,21H,2-6,8-9H2,1H3. The van der Waals surface area contributed by atoms with Gasteiger partial charge in [0.25, 0.3) is 0 Å². The van der Waals surface area contributed by atoms with Crippen LogP contribution in [0.2, 0.25) is 0 Å². The molecule has 1 saturated carbocycles. The van der Waals surface area contributed by atoms with E-state index in [0.29, 0.717) is 6.04 Å². The van der Waals surface area contributed by atoms with Gasteiger partial charge in [-0.1, -0.05) is 32.1 Å². The molecule has 0 bridgehead atoms. The summed E-state index contributed by atoms with van der Waals surface area (Å²) in [5.41, 5.74) is 4.67. The number of nitrogens with zero attached hydrogens (tertiary/aromatic N) is 1. The van der Waals surface area contributed by atoms with Crippen molar-refractivity contribution in [2.24, 2.45) is 4.99 Å². The summed E-state index contributed by atoms with van der Waals surface area (Å²) in [4.78, 5) is 11.5. The highest BCUT2D eigenvalue weighted by Crippen LogP contribution is 2.22. The van der Waals surface area contributed by atoms with Crippen molar-refractivity contribution in [3.8, 4) is 11.4 Å². The van der Waals surface area contributed by atoms with Crippen LogP contribution in [-0.2, 0) is 0 Å². The van der Waals surface area contributed by atoms with Gasteiger partial charge in [-0.05, 0) is 43.5 Å². The van der Waals surface area contributed by atoms with Crippen LogP contribution in [-0.4, -0.2) is 22.2 Å². The van der Waals surface area contributed by atoms with Gasteiger partial charge in [0, 0.05) is 12.4 Å². The van der Waals surface area contributed by atoms with Crippen LogP contribution in [0.1, 0.15) is 56.2 Å². The first kappa shape index (κ1) is 14.2. The number of aliphatic imine (C=N–C) groups is 1. The molecule has 0 unspecified atom stereocenters. The number of hydrogen-bond acceptors (Lipinski definition) is 1. The van der Waals surface area contributed by atoms with E-state index in [1.807, 2.05) is 18.5 Å². The molecule has 3 nitrogen and oxygen atoms in total. The van der Waals surface area contributed by atoms with Gasteiger partial charge in [0.15, 0.2) is 0 Å². The molecule has 2 aromatic heterocycles.